The van der Waals surface area contributed by atoms with E-state index in [1.54, 1.807) is 11.3 Å². The number of nitrogens with one attached hydrogen (secondary N) is 1. The van der Waals surface area contributed by atoms with Gasteiger partial charge >= 0.3 is 0 Å². The van der Waals surface area contributed by atoms with Gasteiger partial charge in [0.1, 0.15) is 5.82 Å². The van der Waals surface area contributed by atoms with E-state index in [9.17, 15) is 4.79 Å². The van der Waals surface area contributed by atoms with Gasteiger partial charge in [-0.25, -0.2) is 4.98 Å². The SMILES string of the molecule is NC(=O)c1cc(N)cnc1NCc1sccc1Br. The van der Waals surface area contributed by atoms with Crippen molar-refractivity contribution in [2.24, 2.45) is 5.73 Å². The van der Waals surface area contributed by atoms with E-state index in [2.05, 4.69) is 26.2 Å². The van der Waals surface area contributed by atoms with Crippen molar-refractivity contribution in [1.82, 2.24) is 4.98 Å². The molecule has 2 aromatic rings. The largest absolute Gasteiger partial charge is 0.397 e. The summed E-state index contributed by atoms with van der Waals surface area (Å²) < 4.78 is 1.02. The number of primary amides is 1. The summed E-state index contributed by atoms with van der Waals surface area (Å²) in [6.07, 6.45) is 1.48. The predicted octanol–water partition coefficient (Wildman–Crippen LogP) is 2.20. The van der Waals surface area contributed by atoms with Crippen LogP contribution in [0.25, 0.3) is 0 Å². The Morgan fingerprint density at radius 3 is 2.94 bits per heavy atom. The van der Waals surface area contributed by atoms with Crippen molar-refractivity contribution in [3.05, 3.63) is 38.6 Å². The van der Waals surface area contributed by atoms with Crippen molar-refractivity contribution in [3.63, 3.8) is 0 Å². The molecular formula is C11H11BrN4OS. The lowest BCUT2D eigenvalue weighted by molar-refractivity contribution is 0.100. The van der Waals surface area contributed by atoms with Gasteiger partial charge < -0.3 is 16.8 Å². The summed E-state index contributed by atoms with van der Waals surface area (Å²) in [5.74, 6) is -0.112. The lowest BCUT2D eigenvalue weighted by atomic mass is 10.2. The Labute approximate surface area is 116 Å². The molecule has 0 aliphatic heterocycles. The van der Waals surface area contributed by atoms with Crippen LogP contribution in [0.3, 0.4) is 0 Å². The first kappa shape index (κ1) is 12.8. The van der Waals surface area contributed by atoms with Crippen LogP contribution in [0, 0.1) is 0 Å². The average molecular weight is 327 g/mol. The van der Waals surface area contributed by atoms with Crippen LogP contribution in [0.4, 0.5) is 11.5 Å². The highest BCUT2D eigenvalue weighted by molar-refractivity contribution is 9.10. The zero-order valence-corrected chi connectivity index (χ0v) is 11.7. The van der Waals surface area contributed by atoms with E-state index in [1.165, 1.54) is 12.3 Å². The van der Waals surface area contributed by atoms with E-state index in [-0.39, 0.29) is 0 Å². The fourth-order valence-electron chi connectivity index (χ4n) is 1.42. The third-order valence-corrected chi connectivity index (χ3v) is 4.21. The number of anilines is 2. The molecule has 0 spiro atoms. The van der Waals surface area contributed by atoms with Gasteiger partial charge in [0.2, 0.25) is 0 Å². The minimum absolute atomic E-state index is 0.294. The number of carbonyl (C=O) groups is 1. The molecule has 2 rings (SSSR count). The van der Waals surface area contributed by atoms with Crippen LogP contribution in [0.15, 0.2) is 28.2 Å². The molecule has 7 heteroatoms. The molecular weight excluding hydrogens is 316 g/mol. The molecule has 0 aliphatic rings. The molecule has 2 heterocycles. The summed E-state index contributed by atoms with van der Waals surface area (Å²) >= 11 is 5.05. The van der Waals surface area contributed by atoms with Crippen LogP contribution in [0.2, 0.25) is 0 Å². The van der Waals surface area contributed by atoms with E-state index >= 15 is 0 Å². The van der Waals surface area contributed by atoms with Crippen molar-refractivity contribution < 1.29 is 4.79 Å². The van der Waals surface area contributed by atoms with Crippen molar-refractivity contribution in [1.29, 1.82) is 0 Å². The van der Waals surface area contributed by atoms with Crippen molar-refractivity contribution in [3.8, 4) is 0 Å². The lowest BCUT2D eigenvalue weighted by Gasteiger charge is -2.09. The molecule has 0 aliphatic carbocycles. The van der Waals surface area contributed by atoms with Gasteiger partial charge in [-0.05, 0) is 33.4 Å². The summed E-state index contributed by atoms with van der Waals surface area (Å²) in [5, 5.41) is 5.06. The summed E-state index contributed by atoms with van der Waals surface area (Å²) in [5.41, 5.74) is 11.6. The maximum atomic E-state index is 11.3. The van der Waals surface area contributed by atoms with E-state index in [1.807, 2.05) is 11.4 Å². The fraction of sp³-hybridized carbons (Fsp3) is 0.0909. The first-order valence-corrected chi connectivity index (χ1v) is 6.76. The number of nitrogens with two attached hydrogens (primary N) is 2. The van der Waals surface area contributed by atoms with Crippen molar-refractivity contribution in [2.75, 3.05) is 11.1 Å². The fourth-order valence-corrected chi connectivity index (χ4v) is 2.86. The van der Waals surface area contributed by atoms with Crippen LogP contribution in [-0.4, -0.2) is 10.9 Å². The highest BCUT2D eigenvalue weighted by Crippen LogP contribution is 2.24. The molecule has 0 saturated carbocycles. The molecule has 1 amide bonds. The molecule has 0 atom stereocenters. The smallest absolute Gasteiger partial charge is 0.252 e. The third-order valence-electron chi connectivity index (χ3n) is 2.28. The number of pyridine rings is 1. The topological polar surface area (TPSA) is 94.0 Å². The number of hydrogen-bond donors (Lipinski definition) is 3. The van der Waals surface area contributed by atoms with Gasteiger partial charge in [0.25, 0.3) is 5.91 Å². The van der Waals surface area contributed by atoms with E-state index < -0.39 is 5.91 Å². The van der Waals surface area contributed by atoms with E-state index in [0.29, 0.717) is 23.6 Å². The Bertz CT molecular complexity index is 584. The Morgan fingerprint density at radius 1 is 1.56 bits per heavy atom. The minimum atomic E-state index is -0.553. The maximum Gasteiger partial charge on any atom is 0.252 e. The number of aromatic nitrogens is 1. The second-order valence-corrected chi connectivity index (χ2v) is 5.43. The summed E-state index contributed by atoms with van der Waals surface area (Å²) in [7, 11) is 0. The van der Waals surface area contributed by atoms with E-state index in [0.717, 1.165) is 9.35 Å². The van der Waals surface area contributed by atoms with Crippen LogP contribution < -0.4 is 16.8 Å². The van der Waals surface area contributed by atoms with Crippen LogP contribution >= 0.6 is 27.3 Å². The lowest BCUT2D eigenvalue weighted by Crippen LogP contribution is -2.16. The van der Waals surface area contributed by atoms with Gasteiger partial charge in [0, 0.05) is 9.35 Å². The molecule has 0 aromatic carbocycles. The standard InChI is InChI=1S/C11H11BrN4OS/c12-8-1-2-18-9(8)5-16-11-7(10(14)17)3-6(13)4-15-11/h1-4H,5,13H2,(H2,14,17)(H,15,16). The molecule has 0 bridgehead atoms. The zero-order valence-electron chi connectivity index (χ0n) is 9.31. The summed E-state index contributed by atoms with van der Waals surface area (Å²) in [6, 6.07) is 3.48. The number of thiophene rings is 1. The second kappa shape index (κ2) is 5.36. The molecule has 0 radical (unpaired) electrons. The van der Waals surface area contributed by atoms with Crippen LogP contribution in [0.5, 0.6) is 0 Å². The molecule has 0 fully saturated rings. The normalized spacial score (nSPS) is 10.3. The van der Waals surface area contributed by atoms with Gasteiger partial charge in [-0.15, -0.1) is 11.3 Å². The number of halogens is 1. The van der Waals surface area contributed by atoms with Gasteiger partial charge in [-0.2, -0.15) is 0 Å². The van der Waals surface area contributed by atoms with Gasteiger partial charge in [-0.1, -0.05) is 0 Å². The number of amides is 1. The molecule has 18 heavy (non-hydrogen) atoms. The average Bonchev–Trinajstić information content (AvgIpc) is 2.73. The molecule has 5 nitrogen and oxygen atoms in total. The van der Waals surface area contributed by atoms with Crippen LogP contribution in [0.1, 0.15) is 15.2 Å². The predicted molar refractivity (Wildman–Crippen MR) is 76.5 cm³/mol. The summed E-state index contributed by atoms with van der Waals surface area (Å²) in [4.78, 5) is 16.5. The summed E-state index contributed by atoms with van der Waals surface area (Å²) in [6.45, 7) is 0.565. The van der Waals surface area contributed by atoms with Gasteiger partial charge in [0.15, 0.2) is 0 Å². The molecule has 0 saturated heterocycles. The number of nitrogens with zero attached hydrogens (tertiary/aromatic N) is 1. The Balaban J connectivity index is 2.19. The first-order chi connectivity index (χ1) is 8.58. The van der Waals surface area contributed by atoms with Crippen LogP contribution in [-0.2, 0) is 6.54 Å². The number of nitrogen functional groups attached to an aromatic ring is 1. The van der Waals surface area contributed by atoms with Crippen molar-refractivity contribution in [2.45, 2.75) is 6.54 Å². The Kier molecular flexibility index (Phi) is 3.83. The molecule has 5 N–H and O–H groups in total. The number of rotatable bonds is 4. The van der Waals surface area contributed by atoms with Gasteiger partial charge in [0.05, 0.1) is 24.0 Å². The number of hydrogen-bond acceptors (Lipinski definition) is 5. The van der Waals surface area contributed by atoms with Gasteiger partial charge in [-0.3, -0.25) is 4.79 Å². The second-order valence-electron chi connectivity index (χ2n) is 3.57. The third kappa shape index (κ3) is 2.80. The zero-order chi connectivity index (χ0) is 13.1. The van der Waals surface area contributed by atoms with Crippen molar-refractivity contribution >= 4 is 44.7 Å². The quantitative estimate of drug-likeness (QED) is 0.802. The molecule has 2 aromatic heterocycles. The highest BCUT2D eigenvalue weighted by Gasteiger charge is 2.10. The minimum Gasteiger partial charge on any atom is -0.397 e. The van der Waals surface area contributed by atoms with E-state index in [4.69, 9.17) is 11.5 Å². The Hall–Kier alpha value is -1.60. The maximum absolute atomic E-state index is 11.3. The number of carbonyl (C=O) groups excluding carboxylic acids is 1. The Morgan fingerprint density at radius 2 is 2.33 bits per heavy atom. The first-order valence-electron chi connectivity index (χ1n) is 5.09. The molecule has 0 unspecified atom stereocenters. The highest BCUT2D eigenvalue weighted by atomic mass is 79.9. The monoisotopic (exact) mass is 326 g/mol. The molecule has 94 valence electrons.